The molecule has 1 saturated heterocycles. The van der Waals surface area contributed by atoms with Crippen molar-refractivity contribution in [1.29, 1.82) is 0 Å². The van der Waals surface area contributed by atoms with Crippen LogP contribution in [0.4, 0.5) is 0 Å². The number of epoxide rings is 1. The van der Waals surface area contributed by atoms with Crippen molar-refractivity contribution in [3.8, 4) is 0 Å². The number of ketones is 1. The molecule has 2 aliphatic rings. The van der Waals surface area contributed by atoms with Crippen LogP contribution < -0.4 is 0 Å². The Labute approximate surface area is 63.1 Å². The highest BCUT2D eigenvalue weighted by Gasteiger charge is 2.52. The van der Waals surface area contributed by atoms with Gasteiger partial charge in [-0.05, 0) is 6.08 Å². The van der Waals surface area contributed by atoms with E-state index >= 15 is 0 Å². The van der Waals surface area contributed by atoms with Gasteiger partial charge in [0.15, 0.2) is 5.78 Å². The number of carbonyl (C=O) groups is 1. The van der Waals surface area contributed by atoms with Gasteiger partial charge in [-0.3, -0.25) is 4.79 Å². The van der Waals surface area contributed by atoms with Crippen molar-refractivity contribution in [2.24, 2.45) is 0 Å². The summed E-state index contributed by atoms with van der Waals surface area (Å²) in [6.45, 7) is -0.317. The molecule has 0 spiro atoms. The quantitative estimate of drug-likeness (QED) is 0.459. The highest BCUT2D eigenvalue weighted by molar-refractivity contribution is 6.02. The molecule has 1 aliphatic heterocycles. The maximum absolute atomic E-state index is 11.1. The van der Waals surface area contributed by atoms with Crippen LogP contribution in [0.5, 0.6) is 0 Å². The van der Waals surface area contributed by atoms with Gasteiger partial charge in [0.1, 0.15) is 18.3 Å². The fourth-order valence-corrected chi connectivity index (χ4v) is 1.29. The Hall–Kier alpha value is -0.710. The molecular weight excluding hydrogens is 148 g/mol. The third-order valence-electron chi connectivity index (χ3n) is 1.98. The van der Waals surface area contributed by atoms with Crippen LogP contribution in [0.2, 0.25) is 0 Å². The topological polar surface area (TPSA) is 70.1 Å². The smallest absolute Gasteiger partial charge is 0.192 e. The summed E-state index contributed by atoms with van der Waals surface area (Å²) in [6, 6.07) is 0. The average molecular weight is 156 g/mol. The lowest BCUT2D eigenvalue weighted by Gasteiger charge is -2.09. The van der Waals surface area contributed by atoms with Gasteiger partial charge in [-0.2, -0.15) is 0 Å². The Morgan fingerprint density at radius 3 is 3.00 bits per heavy atom. The van der Waals surface area contributed by atoms with E-state index in [2.05, 4.69) is 0 Å². The van der Waals surface area contributed by atoms with E-state index in [1.54, 1.807) is 0 Å². The summed E-state index contributed by atoms with van der Waals surface area (Å²) < 4.78 is 4.87. The maximum Gasteiger partial charge on any atom is 0.192 e. The average Bonchev–Trinajstić information content (AvgIpc) is 2.75. The number of aliphatic hydroxyl groups excluding tert-OH is 2. The van der Waals surface area contributed by atoms with Crippen LogP contribution in [0.25, 0.3) is 0 Å². The molecule has 0 aromatic heterocycles. The lowest BCUT2D eigenvalue weighted by molar-refractivity contribution is -0.117. The molecule has 0 unspecified atom stereocenters. The van der Waals surface area contributed by atoms with Gasteiger partial charge in [-0.15, -0.1) is 0 Å². The number of aliphatic hydroxyl groups is 2. The highest BCUT2D eigenvalue weighted by Crippen LogP contribution is 2.33. The van der Waals surface area contributed by atoms with E-state index in [9.17, 15) is 9.90 Å². The first-order valence-electron chi connectivity index (χ1n) is 3.43. The van der Waals surface area contributed by atoms with Crippen LogP contribution in [0.1, 0.15) is 0 Å². The molecule has 1 heterocycles. The summed E-state index contributed by atoms with van der Waals surface area (Å²) in [5.41, 5.74) is 0.260. The van der Waals surface area contributed by atoms with Crippen molar-refractivity contribution in [2.45, 2.75) is 18.3 Å². The van der Waals surface area contributed by atoms with Gasteiger partial charge >= 0.3 is 0 Å². The van der Waals surface area contributed by atoms with Gasteiger partial charge in [0, 0.05) is 5.57 Å². The zero-order valence-electron chi connectivity index (χ0n) is 5.73. The minimum atomic E-state index is -0.722. The van der Waals surface area contributed by atoms with E-state index in [0.29, 0.717) is 0 Å². The van der Waals surface area contributed by atoms with Crippen molar-refractivity contribution in [1.82, 2.24) is 0 Å². The fraction of sp³-hybridized carbons (Fsp3) is 0.571. The van der Waals surface area contributed by atoms with Gasteiger partial charge < -0.3 is 14.9 Å². The summed E-state index contributed by atoms with van der Waals surface area (Å²) in [4.78, 5) is 11.1. The number of hydrogen-bond acceptors (Lipinski definition) is 4. The Morgan fingerprint density at radius 2 is 2.36 bits per heavy atom. The van der Waals surface area contributed by atoms with E-state index in [-0.39, 0.29) is 24.1 Å². The third-order valence-corrected chi connectivity index (χ3v) is 1.98. The zero-order valence-corrected chi connectivity index (χ0v) is 5.73. The summed E-state index contributed by atoms with van der Waals surface area (Å²) in [5.74, 6) is -0.192. The second-order valence-corrected chi connectivity index (χ2v) is 2.73. The van der Waals surface area contributed by atoms with E-state index in [1.165, 1.54) is 6.08 Å². The Kier molecular flexibility index (Phi) is 1.35. The SMILES string of the molecule is O=C1C(CO)=C[C@@H](O)[C@H]2O[C@H]12. The molecule has 11 heavy (non-hydrogen) atoms. The number of fused-ring (bicyclic) bond motifs is 1. The normalized spacial score (nSPS) is 41.5. The minimum Gasteiger partial charge on any atom is -0.392 e. The minimum absolute atomic E-state index is 0.192. The second kappa shape index (κ2) is 2.14. The van der Waals surface area contributed by atoms with Crippen molar-refractivity contribution < 1.29 is 19.7 Å². The lowest BCUT2D eigenvalue weighted by atomic mass is 9.97. The third kappa shape index (κ3) is 0.910. The van der Waals surface area contributed by atoms with Crippen LogP contribution >= 0.6 is 0 Å². The molecule has 3 atom stereocenters. The molecular formula is C7H8O4. The van der Waals surface area contributed by atoms with Gasteiger partial charge in [-0.25, -0.2) is 0 Å². The Bertz CT molecular complexity index is 233. The molecule has 0 bridgehead atoms. The summed E-state index contributed by atoms with van der Waals surface area (Å²) in [5, 5.41) is 17.8. The monoisotopic (exact) mass is 156 g/mol. The predicted octanol–water partition coefficient (Wildman–Crippen LogP) is -1.38. The molecule has 1 aliphatic carbocycles. The number of ether oxygens (including phenoxy) is 1. The molecule has 0 aromatic rings. The number of hydrogen-bond donors (Lipinski definition) is 2. The van der Waals surface area contributed by atoms with Crippen LogP contribution in [0.3, 0.4) is 0 Å². The van der Waals surface area contributed by atoms with E-state index in [4.69, 9.17) is 9.84 Å². The zero-order chi connectivity index (χ0) is 8.01. The van der Waals surface area contributed by atoms with Crippen molar-refractivity contribution >= 4 is 5.78 Å². The maximum atomic E-state index is 11.1. The van der Waals surface area contributed by atoms with Crippen LogP contribution in [0.15, 0.2) is 11.6 Å². The molecule has 2 rings (SSSR count). The first kappa shape index (κ1) is 6.97. The van der Waals surface area contributed by atoms with E-state index in [1.807, 2.05) is 0 Å². The van der Waals surface area contributed by atoms with Crippen LogP contribution in [-0.4, -0.2) is 40.9 Å². The first-order chi connectivity index (χ1) is 5.24. The molecule has 1 fully saturated rings. The molecule has 0 amide bonds. The van der Waals surface area contributed by atoms with Crippen LogP contribution in [0, 0.1) is 0 Å². The van der Waals surface area contributed by atoms with Gasteiger partial charge in [0.25, 0.3) is 0 Å². The molecule has 0 radical (unpaired) electrons. The van der Waals surface area contributed by atoms with Gasteiger partial charge in [-0.1, -0.05) is 0 Å². The predicted molar refractivity (Wildman–Crippen MR) is 34.8 cm³/mol. The molecule has 4 heteroatoms. The van der Waals surface area contributed by atoms with Crippen molar-refractivity contribution in [3.63, 3.8) is 0 Å². The standard InChI is InChI=1S/C7H8O4/c8-2-3-1-4(9)6-7(11-6)5(3)10/h1,4,6-9H,2H2/t4-,6-,7-/m1/s1. The van der Waals surface area contributed by atoms with Crippen LogP contribution in [-0.2, 0) is 9.53 Å². The van der Waals surface area contributed by atoms with Gasteiger partial charge in [0.05, 0.1) is 6.61 Å². The Balaban J connectivity index is 2.25. The van der Waals surface area contributed by atoms with Crippen molar-refractivity contribution in [2.75, 3.05) is 6.61 Å². The number of carbonyl (C=O) groups excluding carboxylic acids is 1. The largest absolute Gasteiger partial charge is 0.392 e. The van der Waals surface area contributed by atoms with Crippen molar-refractivity contribution in [3.05, 3.63) is 11.6 Å². The molecule has 2 N–H and O–H groups in total. The molecule has 60 valence electrons. The summed E-state index contributed by atoms with van der Waals surface area (Å²) in [6.07, 6.45) is -0.203. The molecule has 0 aromatic carbocycles. The fourth-order valence-electron chi connectivity index (χ4n) is 1.29. The first-order valence-corrected chi connectivity index (χ1v) is 3.43. The molecule has 0 saturated carbocycles. The highest BCUT2D eigenvalue weighted by atomic mass is 16.6. The second-order valence-electron chi connectivity index (χ2n) is 2.73. The number of rotatable bonds is 1. The number of Topliss-reactive ketones (excluding diaryl/α,β-unsaturated/α-hetero) is 1. The van der Waals surface area contributed by atoms with Gasteiger partial charge in [0.2, 0.25) is 0 Å². The Morgan fingerprint density at radius 1 is 1.64 bits per heavy atom. The molecule has 4 nitrogen and oxygen atoms in total. The summed E-state index contributed by atoms with van der Waals surface area (Å²) in [7, 11) is 0. The summed E-state index contributed by atoms with van der Waals surface area (Å²) >= 11 is 0. The van der Waals surface area contributed by atoms with E-state index < -0.39 is 12.2 Å². The van der Waals surface area contributed by atoms with E-state index in [0.717, 1.165) is 0 Å². The lowest BCUT2D eigenvalue weighted by Crippen LogP contribution is -2.27.